The lowest BCUT2D eigenvalue weighted by Crippen LogP contribution is -2.82. The van der Waals surface area contributed by atoms with E-state index in [-0.39, 0.29) is 6.10 Å². The van der Waals surface area contributed by atoms with Crippen molar-refractivity contribution in [2.24, 2.45) is 0 Å². The summed E-state index contributed by atoms with van der Waals surface area (Å²) in [6.45, 7) is 6.15. The van der Waals surface area contributed by atoms with E-state index in [1.165, 1.54) is 11.1 Å². The zero-order chi connectivity index (χ0) is 18.9. The zero-order valence-corrected chi connectivity index (χ0v) is 16.3. The lowest BCUT2D eigenvalue weighted by Gasteiger charge is -2.14. The van der Waals surface area contributed by atoms with Crippen molar-refractivity contribution < 1.29 is 14.5 Å². The minimum Gasteiger partial charge on any atom is -0.491 e. The molecular weight excluding hydrogens is 334 g/mol. The van der Waals surface area contributed by atoms with Crippen molar-refractivity contribution in [3.05, 3.63) is 89.9 Å². The fourth-order valence-corrected chi connectivity index (χ4v) is 3.33. The molecule has 0 aliphatic heterocycles. The third kappa shape index (κ3) is 6.30. The fourth-order valence-electron chi connectivity index (χ4n) is 3.33. The van der Waals surface area contributed by atoms with Crippen molar-refractivity contribution in [3.8, 4) is 5.75 Å². The highest BCUT2D eigenvalue weighted by Crippen LogP contribution is 2.24. The molecule has 3 heteroatoms. The zero-order valence-electron chi connectivity index (χ0n) is 16.3. The Morgan fingerprint density at radius 2 is 1.67 bits per heavy atom. The third-order valence-corrected chi connectivity index (χ3v) is 4.66. The van der Waals surface area contributed by atoms with Crippen molar-refractivity contribution in [2.45, 2.75) is 45.3 Å². The Balaban J connectivity index is 1.49. The Kier molecular flexibility index (Phi) is 7.11. The summed E-state index contributed by atoms with van der Waals surface area (Å²) in [5.74, 6) is 2.44. The first-order valence-electron chi connectivity index (χ1n) is 9.85. The predicted molar refractivity (Wildman–Crippen MR) is 109 cm³/mol. The van der Waals surface area contributed by atoms with Crippen LogP contribution in [-0.2, 0) is 13.0 Å². The van der Waals surface area contributed by atoms with Crippen LogP contribution >= 0.6 is 0 Å². The van der Waals surface area contributed by atoms with Gasteiger partial charge in [0.25, 0.3) is 0 Å². The van der Waals surface area contributed by atoms with Gasteiger partial charge >= 0.3 is 0 Å². The Morgan fingerprint density at radius 3 is 2.33 bits per heavy atom. The maximum Gasteiger partial charge on any atom is 0.119 e. The molecular formula is C24H30NO2+. The van der Waals surface area contributed by atoms with Gasteiger partial charge in [0, 0.05) is 17.9 Å². The number of benzene rings is 2. The molecule has 0 spiro atoms. The Hall–Kier alpha value is -2.52. The summed E-state index contributed by atoms with van der Waals surface area (Å²) in [4.78, 5) is 0. The first-order valence-corrected chi connectivity index (χ1v) is 9.85. The van der Waals surface area contributed by atoms with Crippen LogP contribution in [0.5, 0.6) is 5.75 Å². The molecule has 0 aliphatic carbocycles. The van der Waals surface area contributed by atoms with Gasteiger partial charge in [0.15, 0.2) is 0 Å². The average molecular weight is 365 g/mol. The second-order valence-corrected chi connectivity index (χ2v) is 7.28. The molecule has 1 heterocycles. The molecule has 3 rings (SSSR count). The summed E-state index contributed by atoms with van der Waals surface area (Å²) in [7, 11) is 0. The van der Waals surface area contributed by atoms with Crippen molar-refractivity contribution >= 4 is 0 Å². The van der Waals surface area contributed by atoms with E-state index in [2.05, 4.69) is 66.0 Å². The molecule has 3 aromatic rings. The highest BCUT2D eigenvalue weighted by atomic mass is 16.5. The molecule has 142 valence electrons. The summed E-state index contributed by atoms with van der Waals surface area (Å²) in [5.41, 5.74) is 2.68. The van der Waals surface area contributed by atoms with E-state index >= 15 is 0 Å². The normalized spacial score (nSPS) is 12.3. The number of ether oxygens (including phenoxy) is 1. The van der Waals surface area contributed by atoms with Gasteiger partial charge in [-0.15, -0.1) is 0 Å². The van der Waals surface area contributed by atoms with Crippen LogP contribution in [0.15, 0.2) is 77.4 Å². The summed E-state index contributed by atoms with van der Waals surface area (Å²) in [5, 5.41) is 2.37. The average Bonchev–Trinajstić information content (AvgIpc) is 3.20. The van der Waals surface area contributed by atoms with Crippen molar-refractivity contribution in [1.82, 2.24) is 0 Å². The monoisotopic (exact) mass is 364 g/mol. The van der Waals surface area contributed by atoms with Gasteiger partial charge in [-0.2, -0.15) is 0 Å². The molecule has 0 unspecified atom stereocenters. The number of hydrogen-bond donors (Lipinski definition) is 1. The van der Waals surface area contributed by atoms with E-state index in [9.17, 15) is 0 Å². The van der Waals surface area contributed by atoms with Gasteiger partial charge in [0.1, 0.15) is 18.1 Å². The molecule has 0 saturated carbocycles. The first-order chi connectivity index (χ1) is 13.2. The quantitative estimate of drug-likeness (QED) is 0.536. The van der Waals surface area contributed by atoms with Crippen LogP contribution in [-0.4, -0.2) is 12.6 Å². The maximum atomic E-state index is 5.70. The van der Waals surface area contributed by atoms with Gasteiger partial charge in [0.2, 0.25) is 0 Å². The number of quaternary nitrogens is 1. The van der Waals surface area contributed by atoms with Gasteiger partial charge < -0.3 is 14.5 Å². The molecule has 27 heavy (non-hydrogen) atoms. The highest BCUT2D eigenvalue weighted by Gasteiger charge is 2.16. The first kappa shape index (κ1) is 19.2. The van der Waals surface area contributed by atoms with Crippen LogP contribution < -0.4 is 10.1 Å². The van der Waals surface area contributed by atoms with E-state index in [0.717, 1.165) is 37.4 Å². The summed E-state index contributed by atoms with van der Waals surface area (Å²) in [6.07, 6.45) is 4.10. The van der Waals surface area contributed by atoms with Gasteiger partial charge in [-0.3, -0.25) is 0 Å². The topological polar surface area (TPSA) is 39.0 Å². The third-order valence-electron chi connectivity index (χ3n) is 4.66. The summed E-state index contributed by atoms with van der Waals surface area (Å²) < 4.78 is 11.4. The molecule has 0 aliphatic rings. The van der Waals surface area contributed by atoms with E-state index in [4.69, 9.17) is 9.15 Å². The van der Waals surface area contributed by atoms with Gasteiger partial charge in [-0.25, -0.2) is 0 Å². The second-order valence-electron chi connectivity index (χ2n) is 7.28. The molecule has 2 N–H and O–H groups in total. The Labute approximate surface area is 162 Å². The van der Waals surface area contributed by atoms with Crippen LogP contribution in [0, 0.1) is 0 Å². The number of hydrogen-bond acceptors (Lipinski definition) is 2. The number of rotatable bonds is 10. The molecule has 2 aromatic carbocycles. The fraction of sp³-hybridized carbons (Fsp3) is 0.333. The molecule has 1 aromatic heterocycles. The lowest BCUT2D eigenvalue weighted by atomic mass is 9.94. The molecule has 3 nitrogen and oxygen atoms in total. The van der Waals surface area contributed by atoms with Crippen LogP contribution in [0.1, 0.15) is 43.1 Å². The lowest BCUT2D eigenvalue weighted by molar-refractivity contribution is -0.671. The standard InChI is InChI=1S/C24H29NO2/c1-19(2)27-23-12-10-21(11-13-23)18-25-15-14-22(24-9-6-16-26-24)17-20-7-4-3-5-8-20/h3-13,16,19,22,25H,14-15,17-18H2,1-2H3/p+1/t22-/m0/s1. The van der Waals surface area contributed by atoms with Crippen LogP contribution in [0.25, 0.3) is 0 Å². The molecule has 0 fully saturated rings. The maximum absolute atomic E-state index is 5.70. The van der Waals surface area contributed by atoms with Gasteiger partial charge in [-0.1, -0.05) is 30.3 Å². The molecule has 0 bridgehead atoms. The van der Waals surface area contributed by atoms with Crippen molar-refractivity contribution in [1.29, 1.82) is 0 Å². The predicted octanol–water partition coefficient (Wildman–Crippen LogP) is 4.55. The van der Waals surface area contributed by atoms with E-state index in [1.54, 1.807) is 6.26 Å². The van der Waals surface area contributed by atoms with E-state index in [1.807, 2.05) is 19.9 Å². The van der Waals surface area contributed by atoms with Crippen LogP contribution in [0.4, 0.5) is 0 Å². The van der Waals surface area contributed by atoms with Crippen molar-refractivity contribution in [2.75, 3.05) is 6.54 Å². The molecule has 1 atom stereocenters. The van der Waals surface area contributed by atoms with E-state index in [0.29, 0.717) is 5.92 Å². The minimum atomic E-state index is 0.213. The highest BCUT2D eigenvalue weighted by molar-refractivity contribution is 5.26. The van der Waals surface area contributed by atoms with Gasteiger partial charge in [0.05, 0.1) is 18.9 Å². The van der Waals surface area contributed by atoms with Gasteiger partial charge in [-0.05, 0) is 62.2 Å². The number of nitrogens with two attached hydrogens (primary N) is 1. The van der Waals surface area contributed by atoms with Crippen LogP contribution in [0.3, 0.4) is 0 Å². The SMILES string of the molecule is CC(C)Oc1ccc(C[NH2+]CC[C@@H](Cc2ccccc2)c2ccco2)cc1. The van der Waals surface area contributed by atoms with Crippen molar-refractivity contribution in [3.63, 3.8) is 0 Å². The molecule has 0 amide bonds. The largest absolute Gasteiger partial charge is 0.491 e. The number of furan rings is 1. The smallest absolute Gasteiger partial charge is 0.119 e. The molecule has 0 saturated heterocycles. The van der Waals surface area contributed by atoms with E-state index < -0.39 is 0 Å². The summed E-state index contributed by atoms with van der Waals surface area (Å²) in [6, 6.07) is 23.2. The second kappa shape index (κ2) is 9.98. The Bertz CT molecular complexity index is 764. The minimum absolute atomic E-state index is 0.213. The summed E-state index contributed by atoms with van der Waals surface area (Å²) >= 11 is 0. The molecule has 0 radical (unpaired) electrons. The van der Waals surface area contributed by atoms with Crippen LogP contribution in [0.2, 0.25) is 0 Å². The Morgan fingerprint density at radius 1 is 0.889 bits per heavy atom.